The van der Waals surface area contributed by atoms with E-state index in [4.69, 9.17) is 16.3 Å². The Morgan fingerprint density at radius 2 is 1.75 bits per heavy atom. The lowest BCUT2D eigenvalue weighted by molar-refractivity contribution is -0.135. The Balaban J connectivity index is 1.50. The van der Waals surface area contributed by atoms with Gasteiger partial charge in [0.1, 0.15) is 11.3 Å². The van der Waals surface area contributed by atoms with E-state index >= 15 is 0 Å². The van der Waals surface area contributed by atoms with Crippen LogP contribution in [0.3, 0.4) is 0 Å². The van der Waals surface area contributed by atoms with E-state index in [1.807, 2.05) is 31.2 Å². The molecule has 1 fully saturated rings. The molecule has 1 amide bonds. The van der Waals surface area contributed by atoms with Crippen molar-refractivity contribution in [1.29, 1.82) is 0 Å². The van der Waals surface area contributed by atoms with Crippen LogP contribution in [0.1, 0.15) is 21.5 Å². The Morgan fingerprint density at radius 3 is 2.39 bits per heavy atom. The average molecular weight is 403 g/mol. The van der Waals surface area contributed by atoms with E-state index in [2.05, 4.69) is 4.90 Å². The molecule has 2 aromatic carbocycles. The van der Waals surface area contributed by atoms with Crippen LogP contribution in [0.25, 0.3) is 0 Å². The zero-order chi connectivity index (χ0) is 20.1. The number of piperazine rings is 1. The minimum Gasteiger partial charge on any atom is -0.483 e. The predicted octanol–water partition coefficient (Wildman–Crippen LogP) is 3.07. The summed E-state index contributed by atoms with van der Waals surface area (Å²) in [6, 6.07) is 12.6. The molecule has 0 spiro atoms. The summed E-state index contributed by atoms with van der Waals surface area (Å²) in [6.07, 6.45) is 0. The fraction of sp³-hybridized carbons (Fsp3) is 0.333. The summed E-state index contributed by atoms with van der Waals surface area (Å²) in [4.78, 5) is 27.8. The Bertz CT molecular complexity index is 846. The Hall–Kier alpha value is -2.57. The molecule has 1 aliphatic rings. The largest absolute Gasteiger partial charge is 0.483 e. The monoisotopic (exact) mass is 402 g/mol. The van der Waals surface area contributed by atoms with Gasteiger partial charge in [0.2, 0.25) is 0 Å². The number of benzene rings is 2. The second-order valence-electron chi connectivity index (χ2n) is 6.88. The van der Waals surface area contributed by atoms with Gasteiger partial charge in [-0.3, -0.25) is 9.69 Å². The molecule has 0 bridgehead atoms. The van der Waals surface area contributed by atoms with E-state index in [0.717, 1.165) is 30.2 Å². The van der Waals surface area contributed by atoms with E-state index in [-0.39, 0.29) is 23.8 Å². The quantitative estimate of drug-likeness (QED) is 0.804. The maximum Gasteiger partial charge on any atom is 0.339 e. The van der Waals surface area contributed by atoms with Crippen LogP contribution in [-0.2, 0) is 11.3 Å². The van der Waals surface area contributed by atoms with Gasteiger partial charge in [0.25, 0.3) is 5.91 Å². The maximum atomic E-state index is 12.5. The number of carboxylic acid groups (broad SMARTS) is 1. The van der Waals surface area contributed by atoms with Crippen molar-refractivity contribution in [3.05, 3.63) is 64.2 Å². The first kappa shape index (κ1) is 20.2. The van der Waals surface area contributed by atoms with Gasteiger partial charge >= 0.3 is 5.97 Å². The number of hydrogen-bond donors (Lipinski definition) is 1. The highest BCUT2D eigenvalue weighted by atomic mass is 35.5. The summed E-state index contributed by atoms with van der Waals surface area (Å²) < 4.78 is 5.53. The molecule has 7 heteroatoms. The number of amides is 1. The number of carbonyl (C=O) groups is 2. The van der Waals surface area contributed by atoms with Crippen LogP contribution in [-0.4, -0.2) is 59.6 Å². The maximum absolute atomic E-state index is 12.5. The number of aryl methyl sites for hydroxylation is 1. The molecule has 1 N–H and O–H groups in total. The van der Waals surface area contributed by atoms with Gasteiger partial charge < -0.3 is 14.7 Å². The molecule has 3 rings (SSSR count). The SMILES string of the molecule is Cc1ccc(C(=O)O)c(OCC(=O)N2CCN(Cc3ccc(Cl)cc3)CC2)c1. The summed E-state index contributed by atoms with van der Waals surface area (Å²) in [7, 11) is 0. The predicted molar refractivity (Wildman–Crippen MR) is 107 cm³/mol. The molecule has 1 saturated heterocycles. The topological polar surface area (TPSA) is 70.1 Å². The van der Waals surface area contributed by atoms with Crippen molar-refractivity contribution in [2.45, 2.75) is 13.5 Å². The van der Waals surface area contributed by atoms with E-state index in [1.54, 1.807) is 17.0 Å². The van der Waals surface area contributed by atoms with Crippen LogP contribution in [0.15, 0.2) is 42.5 Å². The Labute approximate surface area is 169 Å². The zero-order valence-corrected chi connectivity index (χ0v) is 16.5. The first-order valence-corrected chi connectivity index (χ1v) is 9.51. The van der Waals surface area contributed by atoms with Crippen molar-refractivity contribution in [3.8, 4) is 5.75 Å². The lowest BCUT2D eigenvalue weighted by Crippen LogP contribution is -2.49. The van der Waals surface area contributed by atoms with Gasteiger partial charge in [-0.1, -0.05) is 29.8 Å². The normalized spacial score (nSPS) is 14.7. The van der Waals surface area contributed by atoms with Crippen molar-refractivity contribution in [1.82, 2.24) is 9.80 Å². The molecule has 28 heavy (non-hydrogen) atoms. The molecular formula is C21H23ClN2O4. The molecule has 0 aromatic heterocycles. The highest BCUT2D eigenvalue weighted by molar-refractivity contribution is 6.30. The Kier molecular flexibility index (Phi) is 6.54. The highest BCUT2D eigenvalue weighted by Crippen LogP contribution is 2.20. The van der Waals surface area contributed by atoms with Crippen LogP contribution in [0, 0.1) is 6.92 Å². The number of nitrogens with zero attached hydrogens (tertiary/aromatic N) is 2. The lowest BCUT2D eigenvalue weighted by Gasteiger charge is -2.34. The molecule has 0 atom stereocenters. The van der Waals surface area contributed by atoms with Gasteiger partial charge in [-0.15, -0.1) is 0 Å². The third-order valence-electron chi connectivity index (χ3n) is 4.76. The number of ether oxygens (including phenoxy) is 1. The first-order valence-electron chi connectivity index (χ1n) is 9.13. The fourth-order valence-corrected chi connectivity index (χ4v) is 3.29. The third-order valence-corrected chi connectivity index (χ3v) is 5.02. The van der Waals surface area contributed by atoms with Gasteiger partial charge in [0.15, 0.2) is 6.61 Å². The van der Waals surface area contributed by atoms with E-state index in [9.17, 15) is 14.7 Å². The summed E-state index contributed by atoms with van der Waals surface area (Å²) in [5.74, 6) is -0.982. The van der Waals surface area contributed by atoms with E-state index in [0.29, 0.717) is 13.1 Å². The molecule has 148 valence electrons. The standard InChI is InChI=1S/C21H23ClN2O4/c1-15-2-7-18(21(26)27)19(12-15)28-14-20(25)24-10-8-23(9-11-24)13-16-3-5-17(22)6-4-16/h2-7,12H,8-11,13-14H2,1H3,(H,26,27). The number of hydrogen-bond acceptors (Lipinski definition) is 4. The van der Waals surface area contributed by atoms with E-state index in [1.165, 1.54) is 11.6 Å². The van der Waals surface area contributed by atoms with Crippen LogP contribution >= 0.6 is 11.6 Å². The van der Waals surface area contributed by atoms with Crippen molar-refractivity contribution in [2.24, 2.45) is 0 Å². The molecule has 1 heterocycles. The number of halogens is 1. The Morgan fingerprint density at radius 1 is 1.07 bits per heavy atom. The van der Waals surface area contributed by atoms with Crippen LogP contribution in [0.2, 0.25) is 5.02 Å². The fourth-order valence-electron chi connectivity index (χ4n) is 3.16. The van der Waals surface area contributed by atoms with Crippen LogP contribution in [0.5, 0.6) is 5.75 Å². The van der Waals surface area contributed by atoms with Gasteiger partial charge in [0, 0.05) is 37.7 Å². The minimum absolute atomic E-state index is 0.0613. The summed E-state index contributed by atoms with van der Waals surface area (Å²) in [6.45, 7) is 5.30. The van der Waals surface area contributed by atoms with Crippen molar-refractivity contribution < 1.29 is 19.4 Å². The van der Waals surface area contributed by atoms with Gasteiger partial charge in [0.05, 0.1) is 0 Å². The van der Waals surface area contributed by atoms with Crippen LogP contribution in [0.4, 0.5) is 0 Å². The summed E-state index contributed by atoms with van der Waals surface area (Å²) in [5.41, 5.74) is 2.13. The highest BCUT2D eigenvalue weighted by Gasteiger charge is 2.22. The zero-order valence-electron chi connectivity index (χ0n) is 15.7. The molecule has 1 aliphatic heterocycles. The molecule has 0 radical (unpaired) electrons. The van der Waals surface area contributed by atoms with Crippen molar-refractivity contribution >= 4 is 23.5 Å². The molecule has 0 aliphatic carbocycles. The first-order chi connectivity index (χ1) is 13.4. The van der Waals surface area contributed by atoms with Gasteiger partial charge in [-0.25, -0.2) is 4.79 Å². The minimum atomic E-state index is -1.07. The van der Waals surface area contributed by atoms with Gasteiger partial charge in [-0.05, 0) is 42.3 Å². The number of aromatic carboxylic acids is 1. The van der Waals surface area contributed by atoms with Crippen LogP contribution < -0.4 is 4.74 Å². The molecule has 2 aromatic rings. The molecular weight excluding hydrogens is 380 g/mol. The summed E-state index contributed by atoms with van der Waals surface area (Å²) >= 11 is 5.92. The second kappa shape index (κ2) is 9.08. The van der Waals surface area contributed by atoms with Crippen molar-refractivity contribution in [2.75, 3.05) is 32.8 Å². The number of carboxylic acids is 1. The van der Waals surface area contributed by atoms with Gasteiger partial charge in [-0.2, -0.15) is 0 Å². The molecule has 0 saturated carbocycles. The number of carbonyl (C=O) groups excluding carboxylic acids is 1. The summed E-state index contributed by atoms with van der Waals surface area (Å²) in [5, 5.41) is 9.97. The van der Waals surface area contributed by atoms with E-state index < -0.39 is 5.97 Å². The second-order valence-corrected chi connectivity index (χ2v) is 7.31. The smallest absolute Gasteiger partial charge is 0.339 e. The third kappa shape index (κ3) is 5.24. The molecule has 0 unspecified atom stereocenters. The lowest BCUT2D eigenvalue weighted by atomic mass is 10.1. The average Bonchev–Trinajstić information content (AvgIpc) is 2.68. The number of rotatable bonds is 6. The molecule has 6 nitrogen and oxygen atoms in total. The van der Waals surface area contributed by atoms with Crippen molar-refractivity contribution in [3.63, 3.8) is 0 Å².